The fourth-order valence-corrected chi connectivity index (χ4v) is 0.331. The van der Waals surface area contributed by atoms with Crippen molar-refractivity contribution < 1.29 is 4.74 Å². The van der Waals surface area contributed by atoms with Crippen LogP contribution in [0.15, 0.2) is 12.7 Å². The first-order valence-corrected chi connectivity index (χ1v) is 3.42. The highest BCUT2D eigenvalue weighted by Gasteiger charge is 1.89. The van der Waals surface area contributed by atoms with Crippen molar-refractivity contribution in [3.05, 3.63) is 12.7 Å². The van der Waals surface area contributed by atoms with E-state index in [-0.39, 0.29) is 0 Å². The Morgan fingerprint density at radius 3 is 2.11 bits per heavy atom. The summed E-state index contributed by atoms with van der Waals surface area (Å²) in [6.45, 7) is 10.4. The van der Waals surface area contributed by atoms with Crippen LogP contribution in [0.25, 0.3) is 0 Å². The quantitative estimate of drug-likeness (QED) is 0.533. The topological polar surface area (TPSA) is 9.23 Å². The molecule has 0 aliphatic carbocycles. The molecular formula is C8H18O. The van der Waals surface area contributed by atoms with Gasteiger partial charge in [-0.15, -0.1) is 6.58 Å². The van der Waals surface area contributed by atoms with Crippen molar-refractivity contribution in [2.75, 3.05) is 13.7 Å². The Kier molecular flexibility index (Phi) is 13.6. The first-order chi connectivity index (χ1) is 4.31. The number of hydrogen-bond acceptors (Lipinski definition) is 1. The van der Waals surface area contributed by atoms with Gasteiger partial charge < -0.3 is 4.74 Å². The molecule has 0 aromatic rings. The van der Waals surface area contributed by atoms with E-state index in [0.29, 0.717) is 5.92 Å². The van der Waals surface area contributed by atoms with Crippen molar-refractivity contribution >= 4 is 0 Å². The molecule has 0 bridgehead atoms. The third-order valence-corrected chi connectivity index (χ3v) is 0.832. The molecule has 56 valence electrons. The molecule has 0 aromatic carbocycles. The van der Waals surface area contributed by atoms with Crippen molar-refractivity contribution in [1.82, 2.24) is 0 Å². The van der Waals surface area contributed by atoms with E-state index in [1.54, 1.807) is 7.11 Å². The summed E-state index contributed by atoms with van der Waals surface area (Å²) in [4.78, 5) is 0. The molecular weight excluding hydrogens is 112 g/mol. The fourth-order valence-electron chi connectivity index (χ4n) is 0.331. The van der Waals surface area contributed by atoms with Gasteiger partial charge in [-0.3, -0.25) is 0 Å². The zero-order valence-electron chi connectivity index (χ0n) is 6.98. The minimum atomic E-state index is 0.491. The van der Waals surface area contributed by atoms with E-state index in [1.165, 1.54) is 0 Å². The summed E-state index contributed by atoms with van der Waals surface area (Å²) in [6, 6.07) is 0. The van der Waals surface area contributed by atoms with Gasteiger partial charge in [0.2, 0.25) is 0 Å². The Hall–Kier alpha value is -0.300. The zero-order chi connectivity index (χ0) is 7.70. The second kappa shape index (κ2) is 10.6. The highest BCUT2D eigenvalue weighted by atomic mass is 16.5. The average molecular weight is 130 g/mol. The molecule has 0 aliphatic heterocycles. The molecule has 1 atom stereocenters. The van der Waals surface area contributed by atoms with Gasteiger partial charge in [-0.1, -0.05) is 26.8 Å². The smallest absolute Gasteiger partial charge is 0.0522 e. The average Bonchev–Trinajstić information content (AvgIpc) is 1.93. The Labute approximate surface area is 58.7 Å². The lowest BCUT2D eigenvalue weighted by molar-refractivity contribution is 0.176. The van der Waals surface area contributed by atoms with Crippen LogP contribution in [0, 0.1) is 5.92 Å². The predicted molar refractivity (Wildman–Crippen MR) is 42.6 cm³/mol. The van der Waals surface area contributed by atoms with Gasteiger partial charge in [-0.2, -0.15) is 0 Å². The van der Waals surface area contributed by atoms with Crippen molar-refractivity contribution in [2.45, 2.75) is 20.8 Å². The van der Waals surface area contributed by atoms with Crippen LogP contribution >= 0.6 is 0 Å². The van der Waals surface area contributed by atoms with E-state index in [4.69, 9.17) is 4.74 Å². The van der Waals surface area contributed by atoms with Gasteiger partial charge >= 0.3 is 0 Å². The number of hydrogen-bond donors (Lipinski definition) is 0. The summed E-state index contributed by atoms with van der Waals surface area (Å²) in [5.74, 6) is 0.491. The molecule has 0 aliphatic rings. The molecule has 0 rings (SSSR count). The molecule has 0 amide bonds. The molecule has 0 saturated heterocycles. The lowest BCUT2D eigenvalue weighted by atomic mass is 10.2. The lowest BCUT2D eigenvalue weighted by Crippen LogP contribution is -1.97. The van der Waals surface area contributed by atoms with E-state index in [2.05, 4.69) is 13.5 Å². The van der Waals surface area contributed by atoms with Crippen LogP contribution in [-0.4, -0.2) is 13.7 Å². The minimum Gasteiger partial charge on any atom is -0.384 e. The maximum Gasteiger partial charge on any atom is 0.0522 e. The van der Waals surface area contributed by atoms with Crippen LogP contribution in [0.4, 0.5) is 0 Å². The van der Waals surface area contributed by atoms with Crippen LogP contribution in [0.1, 0.15) is 20.8 Å². The molecule has 0 N–H and O–H groups in total. The van der Waals surface area contributed by atoms with Crippen molar-refractivity contribution in [3.8, 4) is 0 Å². The van der Waals surface area contributed by atoms with E-state index in [9.17, 15) is 0 Å². The molecule has 0 spiro atoms. The van der Waals surface area contributed by atoms with Crippen molar-refractivity contribution in [3.63, 3.8) is 0 Å². The van der Waals surface area contributed by atoms with E-state index >= 15 is 0 Å². The molecule has 1 heteroatoms. The monoisotopic (exact) mass is 130 g/mol. The van der Waals surface area contributed by atoms with Crippen molar-refractivity contribution in [2.24, 2.45) is 5.92 Å². The largest absolute Gasteiger partial charge is 0.384 e. The highest BCUT2D eigenvalue weighted by Crippen LogP contribution is 1.92. The summed E-state index contributed by atoms with van der Waals surface area (Å²) in [7, 11) is 1.69. The molecule has 0 heterocycles. The Balaban J connectivity index is 0. The second-order valence-corrected chi connectivity index (χ2v) is 1.67. The van der Waals surface area contributed by atoms with Crippen LogP contribution < -0.4 is 0 Å². The number of methoxy groups -OCH3 is 1. The second-order valence-electron chi connectivity index (χ2n) is 1.67. The summed E-state index contributed by atoms with van der Waals surface area (Å²) < 4.78 is 4.82. The maximum atomic E-state index is 4.82. The summed E-state index contributed by atoms with van der Waals surface area (Å²) >= 11 is 0. The van der Waals surface area contributed by atoms with Gasteiger partial charge in [-0.25, -0.2) is 0 Å². The Morgan fingerprint density at radius 1 is 1.56 bits per heavy atom. The molecule has 9 heavy (non-hydrogen) atoms. The highest BCUT2D eigenvalue weighted by molar-refractivity contribution is 4.73. The summed E-state index contributed by atoms with van der Waals surface area (Å²) in [6.07, 6.45) is 1.88. The van der Waals surface area contributed by atoms with E-state index in [1.807, 2.05) is 19.9 Å². The van der Waals surface area contributed by atoms with Crippen molar-refractivity contribution in [1.29, 1.82) is 0 Å². The maximum absolute atomic E-state index is 4.82. The summed E-state index contributed by atoms with van der Waals surface area (Å²) in [5.41, 5.74) is 0. The lowest BCUT2D eigenvalue weighted by Gasteiger charge is -1.99. The van der Waals surface area contributed by atoms with Crippen LogP contribution in [-0.2, 0) is 4.74 Å². The van der Waals surface area contributed by atoms with Gasteiger partial charge in [-0.05, 0) is 5.92 Å². The predicted octanol–water partition coefficient (Wildman–Crippen LogP) is 2.48. The van der Waals surface area contributed by atoms with Crippen LogP contribution in [0.5, 0.6) is 0 Å². The molecule has 0 radical (unpaired) electrons. The molecule has 0 aromatic heterocycles. The van der Waals surface area contributed by atoms with Gasteiger partial charge in [0.15, 0.2) is 0 Å². The number of ether oxygens (including phenoxy) is 1. The first kappa shape index (κ1) is 11.5. The summed E-state index contributed by atoms with van der Waals surface area (Å²) in [5, 5.41) is 0. The number of rotatable bonds is 3. The Morgan fingerprint density at radius 2 is 2.00 bits per heavy atom. The van der Waals surface area contributed by atoms with Gasteiger partial charge in [0.25, 0.3) is 0 Å². The zero-order valence-corrected chi connectivity index (χ0v) is 6.98. The minimum absolute atomic E-state index is 0.491. The molecule has 1 unspecified atom stereocenters. The standard InChI is InChI=1S/C6H12O.C2H6/c1-4-6(2)5-7-3;1-2/h4,6H,1,5H2,2-3H3;1-2H3. The first-order valence-electron chi connectivity index (χ1n) is 3.42. The normalized spacial score (nSPS) is 11.1. The molecule has 0 saturated carbocycles. The third-order valence-electron chi connectivity index (χ3n) is 0.832. The Bertz CT molecular complexity index is 50.5. The van der Waals surface area contributed by atoms with E-state index < -0.39 is 0 Å². The van der Waals surface area contributed by atoms with Crippen LogP contribution in [0.2, 0.25) is 0 Å². The van der Waals surface area contributed by atoms with E-state index in [0.717, 1.165) is 6.61 Å². The molecule has 1 nitrogen and oxygen atoms in total. The van der Waals surface area contributed by atoms with Gasteiger partial charge in [0, 0.05) is 7.11 Å². The fraction of sp³-hybridized carbons (Fsp3) is 0.750. The van der Waals surface area contributed by atoms with Gasteiger partial charge in [0.05, 0.1) is 6.61 Å². The third kappa shape index (κ3) is 11.3. The van der Waals surface area contributed by atoms with Gasteiger partial charge in [0.1, 0.15) is 0 Å². The molecule has 0 fully saturated rings. The SMILES string of the molecule is C=CC(C)COC.CC. The van der Waals surface area contributed by atoms with Crippen LogP contribution in [0.3, 0.4) is 0 Å².